The topological polar surface area (TPSA) is 20.2 Å². The molecule has 0 fully saturated rings. The lowest BCUT2D eigenvalue weighted by molar-refractivity contribution is 0.0388. The second kappa shape index (κ2) is 5.13. The van der Waals surface area contributed by atoms with Crippen molar-refractivity contribution in [1.82, 2.24) is 0 Å². The zero-order chi connectivity index (χ0) is 11.5. The summed E-state index contributed by atoms with van der Waals surface area (Å²) in [5, 5.41) is 10.2. The number of hydrogen-bond donors (Lipinski definition) is 1. The van der Waals surface area contributed by atoms with Gasteiger partial charge in [0.25, 0.3) is 0 Å². The minimum atomic E-state index is -0.602. The van der Waals surface area contributed by atoms with Gasteiger partial charge in [-0.3, -0.25) is 0 Å². The molecule has 1 aromatic rings. The Labute approximate surface area is 101 Å². The van der Waals surface area contributed by atoms with Gasteiger partial charge in [0.1, 0.15) is 0 Å². The van der Waals surface area contributed by atoms with E-state index in [0.717, 1.165) is 10.9 Å². The van der Waals surface area contributed by atoms with Crippen molar-refractivity contribution in [2.45, 2.75) is 39.2 Å². The fraction of sp³-hybridized carbons (Fsp3) is 0.538. The van der Waals surface area contributed by atoms with Crippen molar-refractivity contribution < 1.29 is 5.11 Å². The molecule has 1 unspecified atom stereocenters. The minimum absolute atomic E-state index is 0.521. The largest absolute Gasteiger partial charge is 0.390 e. The average molecular weight is 271 g/mol. The first-order valence-electron chi connectivity index (χ1n) is 5.36. The lowest BCUT2D eigenvalue weighted by Gasteiger charge is -2.25. The molecule has 0 bridgehead atoms. The highest BCUT2D eigenvalue weighted by Gasteiger charge is 2.22. The monoisotopic (exact) mass is 270 g/mol. The van der Waals surface area contributed by atoms with Crippen LogP contribution in [-0.4, -0.2) is 10.7 Å². The second-order valence-corrected chi connectivity index (χ2v) is 5.82. The number of rotatable bonds is 4. The molecule has 0 aliphatic rings. The first-order chi connectivity index (χ1) is 6.89. The van der Waals surface area contributed by atoms with Gasteiger partial charge >= 0.3 is 0 Å². The fourth-order valence-corrected chi connectivity index (χ4v) is 2.48. The van der Waals surface area contributed by atoms with E-state index in [1.165, 1.54) is 5.56 Å². The lowest BCUT2D eigenvalue weighted by Crippen LogP contribution is -2.29. The van der Waals surface area contributed by atoms with Crippen LogP contribution in [0.3, 0.4) is 0 Å². The van der Waals surface area contributed by atoms with Gasteiger partial charge in [-0.05, 0) is 37.0 Å². The Bertz CT molecular complexity index is 318. The van der Waals surface area contributed by atoms with E-state index in [9.17, 15) is 5.11 Å². The van der Waals surface area contributed by atoms with Gasteiger partial charge in [-0.2, -0.15) is 0 Å². The third-order valence-corrected chi connectivity index (χ3v) is 2.82. The fourth-order valence-electron chi connectivity index (χ4n) is 2.04. The van der Waals surface area contributed by atoms with Crippen LogP contribution in [0.15, 0.2) is 28.7 Å². The predicted molar refractivity (Wildman–Crippen MR) is 67.9 cm³/mol. The molecule has 0 heterocycles. The summed E-state index contributed by atoms with van der Waals surface area (Å²) < 4.78 is 1.07. The molecule has 0 saturated carbocycles. The van der Waals surface area contributed by atoms with E-state index in [-0.39, 0.29) is 0 Å². The van der Waals surface area contributed by atoms with E-state index < -0.39 is 5.60 Å². The number of benzene rings is 1. The molecular formula is C13H19BrO. The van der Waals surface area contributed by atoms with Crippen molar-refractivity contribution >= 4 is 15.9 Å². The molecule has 15 heavy (non-hydrogen) atoms. The van der Waals surface area contributed by atoms with Gasteiger partial charge in [0.2, 0.25) is 0 Å². The van der Waals surface area contributed by atoms with E-state index in [0.29, 0.717) is 12.3 Å². The highest BCUT2D eigenvalue weighted by Crippen LogP contribution is 2.22. The summed E-state index contributed by atoms with van der Waals surface area (Å²) >= 11 is 3.44. The Kier molecular flexibility index (Phi) is 4.35. The zero-order valence-corrected chi connectivity index (χ0v) is 11.2. The molecule has 0 aromatic heterocycles. The SMILES string of the molecule is CC(C)CC(C)(O)Cc1cccc(Br)c1. The molecule has 1 rings (SSSR count). The van der Waals surface area contributed by atoms with Gasteiger partial charge in [0.05, 0.1) is 5.60 Å². The minimum Gasteiger partial charge on any atom is -0.390 e. The summed E-state index contributed by atoms with van der Waals surface area (Å²) in [5.41, 5.74) is 0.574. The number of hydrogen-bond acceptors (Lipinski definition) is 1. The van der Waals surface area contributed by atoms with Crippen LogP contribution in [-0.2, 0) is 6.42 Å². The van der Waals surface area contributed by atoms with E-state index >= 15 is 0 Å². The Balaban J connectivity index is 2.68. The predicted octanol–water partition coefficient (Wildman–Crippen LogP) is 3.79. The van der Waals surface area contributed by atoms with Crippen LogP contribution in [0.2, 0.25) is 0 Å². The average Bonchev–Trinajstić information content (AvgIpc) is 1.99. The molecular weight excluding hydrogens is 252 g/mol. The van der Waals surface area contributed by atoms with Crippen LogP contribution in [0.5, 0.6) is 0 Å². The van der Waals surface area contributed by atoms with Crippen molar-refractivity contribution in [3.63, 3.8) is 0 Å². The van der Waals surface area contributed by atoms with Gasteiger partial charge in [0, 0.05) is 10.9 Å². The van der Waals surface area contributed by atoms with Crippen LogP contribution in [0.25, 0.3) is 0 Å². The van der Waals surface area contributed by atoms with Crippen LogP contribution < -0.4 is 0 Å². The summed E-state index contributed by atoms with van der Waals surface area (Å²) in [7, 11) is 0. The van der Waals surface area contributed by atoms with Gasteiger partial charge in [-0.1, -0.05) is 41.9 Å². The van der Waals surface area contributed by atoms with Crippen molar-refractivity contribution in [3.8, 4) is 0 Å². The number of halogens is 1. The lowest BCUT2D eigenvalue weighted by atomic mass is 9.88. The molecule has 0 spiro atoms. The van der Waals surface area contributed by atoms with Crippen LogP contribution >= 0.6 is 15.9 Å². The molecule has 0 aliphatic heterocycles. The normalized spacial score (nSPS) is 15.3. The highest BCUT2D eigenvalue weighted by molar-refractivity contribution is 9.10. The molecule has 84 valence electrons. The van der Waals surface area contributed by atoms with E-state index in [1.807, 2.05) is 19.1 Å². The Morgan fingerprint density at radius 2 is 2.07 bits per heavy atom. The summed E-state index contributed by atoms with van der Waals surface area (Å²) in [6.07, 6.45) is 1.55. The van der Waals surface area contributed by atoms with E-state index in [4.69, 9.17) is 0 Å². The molecule has 0 saturated heterocycles. The standard InChI is InChI=1S/C13H19BrO/c1-10(2)8-13(3,15)9-11-5-4-6-12(14)7-11/h4-7,10,15H,8-9H2,1-3H3. The molecule has 2 heteroatoms. The maximum Gasteiger partial charge on any atom is 0.0662 e. The van der Waals surface area contributed by atoms with Crippen LogP contribution in [0, 0.1) is 5.92 Å². The molecule has 1 N–H and O–H groups in total. The smallest absolute Gasteiger partial charge is 0.0662 e. The third kappa shape index (κ3) is 4.80. The van der Waals surface area contributed by atoms with E-state index in [2.05, 4.69) is 41.9 Å². The van der Waals surface area contributed by atoms with Crippen molar-refractivity contribution in [2.75, 3.05) is 0 Å². The molecule has 1 atom stereocenters. The maximum atomic E-state index is 10.2. The third-order valence-electron chi connectivity index (χ3n) is 2.32. The molecule has 0 aliphatic carbocycles. The zero-order valence-electron chi connectivity index (χ0n) is 9.63. The molecule has 0 radical (unpaired) electrons. The Morgan fingerprint density at radius 3 is 2.60 bits per heavy atom. The van der Waals surface area contributed by atoms with Gasteiger partial charge in [-0.15, -0.1) is 0 Å². The summed E-state index contributed by atoms with van der Waals surface area (Å²) in [4.78, 5) is 0. The van der Waals surface area contributed by atoms with Crippen molar-refractivity contribution in [3.05, 3.63) is 34.3 Å². The van der Waals surface area contributed by atoms with Crippen molar-refractivity contribution in [1.29, 1.82) is 0 Å². The Hall–Kier alpha value is -0.340. The first kappa shape index (κ1) is 12.7. The Morgan fingerprint density at radius 1 is 1.40 bits per heavy atom. The molecule has 0 amide bonds. The molecule has 1 nitrogen and oxygen atoms in total. The maximum absolute atomic E-state index is 10.2. The molecule has 1 aromatic carbocycles. The number of aliphatic hydroxyl groups is 1. The second-order valence-electron chi connectivity index (χ2n) is 4.90. The summed E-state index contributed by atoms with van der Waals surface area (Å²) in [6, 6.07) is 8.12. The quantitative estimate of drug-likeness (QED) is 0.883. The van der Waals surface area contributed by atoms with Crippen LogP contribution in [0.1, 0.15) is 32.8 Å². The van der Waals surface area contributed by atoms with Gasteiger partial charge in [-0.25, -0.2) is 0 Å². The van der Waals surface area contributed by atoms with E-state index in [1.54, 1.807) is 0 Å². The highest BCUT2D eigenvalue weighted by atomic mass is 79.9. The van der Waals surface area contributed by atoms with Crippen LogP contribution in [0.4, 0.5) is 0 Å². The first-order valence-corrected chi connectivity index (χ1v) is 6.15. The van der Waals surface area contributed by atoms with Gasteiger partial charge in [0.15, 0.2) is 0 Å². The summed E-state index contributed by atoms with van der Waals surface area (Å²) in [6.45, 7) is 6.18. The van der Waals surface area contributed by atoms with Crippen molar-refractivity contribution in [2.24, 2.45) is 5.92 Å². The summed E-state index contributed by atoms with van der Waals surface area (Å²) in [5.74, 6) is 0.521. The van der Waals surface area contributed by atoms with Gasteiger partial charge < -0.3 is 5.11 Å².